The fraction of sp³-hybridized carbons (Fsp3) is 0.500. The molecular weight excluding hydrogens is 380 g/mol. The Hall–Kier alpha value is 4.43. The third-order valence-corrected chi connectivity index (χ3v) is 1.07. The van der Waals surface area contributed by atoms with E-state index in [0.29, 0.717) is 0 Å². The summed E-state index contributed by atoms with van der Waals surface area (Å²) in [6.45, 7) is 0. The minimum absolute atomic E-state index is 0. The molecule has 0 aromatic heterocycles. The third-order valence-electron chi connectivity index (χ3n) is 1.07. The van der Waals surface area contributed by atoms with E-state index in [-0.39, 0.29) is 206 Å². The molecule has 0 aromatic rings. The van der Waals surface area contributed by atoms with Crippen LogP contribution in [0.2, 0.25) is 0 Å². The zero-order valence-corrected chi connectivity index (χ0v) is 24.6. The molecule has 0 spiro atoms. The first-order valence-electron chi connectivity index (χ1n) is 4.05. The quantitative estimate of drug-likeness (QED) is 0.405. The van der Waals surface area contributed by atoms with Crippen LogP contribution in [0.15, 0.2) is 0 Å². The van der Waals surface area contributed by atoms with Crippen LogP contribution in [0, 0.1) is 0 Å². The van der Waals surface area contributed by atoms with E-state index in [2.05, 4.69) is 0 Å². The Morgan fingerprint density at radius 2 is 0.550 bits per heavy atom. The summed E-state index contributed by atoms with van der Waals surface area (Å²) in [5, 5.41) is 38.0. The maximum Gasteiger partial charge on any atom is 1.00 e. The van der Waals surface area contributed by atoms with Gasteiger partial charge in [0.2, 0.25) is 0 Å². The maximum absolute atomic E-state index is 9.50. The molecule has 92 valence electrons. The van der Waals surface area contributed by atoms with Gasteiger partial charge >= 0.3 is 206 Å². The number of carbonyl (C=O) groups is 4. The van der Waals surface area contributed by atoms with E-state index in [1.807, 2.05) is 0 Å². The summed E-state index contributed by atoms with van der Waals surface area (Å²) in [6, 6.07) is 0. The van der Waals surface area contributed by atoms with Crippen molar-refractivity contribution >= 4 is 23.9 Å². The van der Waals surface area contributed by atoms with Crippen molar-refractivity contribution in [3.63, 3.8) is 0 Å². The summed E-state index contributed by atoms with van der Waals surface area (Å²) in [5.41, 5.74) is 0. The number of rotatable bonds is 6. The molecule has 0 bridgehead atoms. The van der Waals surface area contributed by atoms with Gasteiger partial charge in [-0.3, -0.25) is 0 Å². The second-order valence-electron chi connectivity index (χ2n) is 2.49. The minimum atomic E-state index is -1.37. The topological polar surface area (TPSA) is 161 Å². The zero-order chi connectivity index (χ0) is 13.1. The van der Waals surface area contributed by atoms with Gasteiger partial charge in [0.25, 0.3) is 0 Å². The summed E-state index contributed by atoms with van der Waals surface area (Å²) >= 11 is 0. The van der Waals surface area contributed by atoms with Gasteiger partial charge in [-0.2, -0.15) is 0 Å². The molecule has 8 nitrogen and oxygen atoms in total. The molecule has 0 aliphatic carbocycles. The summed E-state index contributed by atoms with van der Waals surface area (Å²) in [7, 11) is 0. The van der Waals surface area contributed by atoms with Crippen molar-refractivity contribution in [1.82, 2.24) is 0 Å². The van der Waals surface area contributed by atoms with Crippen LogP contribution in [0.5, 0.6) is 0 Å². The molecule has 0 atom stereocenters. The number of hydrogen-bond donors (Lipinski definition) is 0. The number of carbonyl (C=O) groups excluding carboxylic acids is 4. The van der Waals surface area contributed by atoms with Gasteiger partial charge in [-0.1, -0.05) is 0 Å². The van der Waals surface area contributed by atoms with Crippen molar-refractivity contribution in [3.8, 4) is 0 Å². The normalized spacial score (nSPS) is 6.80. The van der Waals surface area contributed by atoms with E-state index in [4.69, 9.17) is 0 Å². The molecule has 0 amide bonds. The molecule has 0 rings (SSSR count). The number of hydrogen-bond acceptors (Lipinski definition) is 8. The van der Waals surface area contributed by atoms with Crippen LogP contribution >= 0.6 is 0 Å². The fourth-order valence-corrected chi connectivity index (χ4v) is 0.408. The SMILES string of the molecule is O=C([O-])CCC(=O)[O-].O=C([O-])CCC(=O)[O-].[K+].[K+].[K+].[K+]. The summed E-state index contributed by atoms with van der Waals surface area (Å²) in [6.07, 6.45) is -1.88. The van der Waals surface area contributed by atoms with Gasteiger partial charge in [0.1, 0.15) is 0 Å². The van der Waals surface area contributed by atoms with Crippen molar-refractivity contribution in [1.29, 1.82) is 0 Å². The zero-order valence-electron chi connectivity index (χ0n) is 12.1. The van der Waals surface area contributed by atoms with Gasteiger partial charge in [-0.15, -0.1) is 0 Å². The van der Waals surface area contributed by atoms with Gasteiger partial charge in [0, 0.05) is 23.9 Å². The van der Waals surface area contributed by atoms with Crippen molar-refractivity contribution in [2.24, 2.45) is 0 Å². The predicted octanol–water partition coefficient (Wildman–Crippen LogP) is -17.5. The van der Waals surface area contributed by atoms with Crippen LogP contribution < -0.4 is 226 Å². The van der Waals surface area contributed by atoms with Gasteiger partial charge in [0.15, 0.2) is 0 Å². The largest absolute Gasteiger partial charge is 1.00 e. The predicted molar refractivity (Wildman–Crippen MR) is 38.5 cm³/mol. The maximum atomic E-state index is 9.50. The summed E-state index contributed by atoms with van der Waals surface area (Å²) in [4.78, 5) is 38.0. The molecule has 0 N–H and O–H groups in total. The number of carboxylic acids is 4. The monoisotopic (exact) mass is 388 g/mol. The Labute approximate surface area is 286 Å². The minimum Gasteiger partial charge on any atom is -0.550 e. The molecule has 0 saturated heterocycles. The van der Waals surface area contributed by atoms with E-state index >= 15 is 0 Å². The molecule has 0 aliphatic rings. The molecule has 0 fully saturated rings. The second kappa shape index (κ2) is 28.2. The van der Waals surface area contributed by atoms with E-state index in [1.54, 1.807) is 0 Å². The van der Waals surface area contributed by atoms with Crippen LogP contribution in [-0.4, -0.2) is 23.9 Å². The van der Waals surface area contributed by atoms with Crippen molar-refractivity contribution in [2.45, 2.75) is 25.7 Å². The van der Waals surface area contributed by atoms with Crippen molar-refractivity contribution in [2.75, 3.05) is 0 Å². The van der Waals surface area contributed by atoms with E-state index in [0.717, 1.165) is 0 Å². The molecule has 0 radical (unpaired) electrons. The van der Waals surface area contributed by atoms with Crippen LogP contribution in [0.3, 0.4) is 0 Å². The number of aliphatic carboxylic acids is 4. The van der Waals surface area contributed by atoms with Gasteiger partial charge < -0.3 is 39.6 Å². The van der Waals surface area contributed by atoms with Crippen LogP contribution in [0.1, 0.15) is 25.7 Å². The Balaban J connectivity index is -0.0000000408. The Morgan fingerprint density at radius 1 is 0.450 bits per heavy atom. The molecule has 0 aromatic carbocycles. The first kappa shape index (κ1) is 39.5. The fourth-order valence-electron chi connectivity index (χ4n) is 0.408. The molecule has 20 heavy (non-hydrogen) atoms. The van der Waals surface area contributed by atoms with Gasteiger partial charge in [-0.05, 0) is 25.7 Å². The molecular formula is C8H8K4O8. The first-order valence-corrected chi connectivity index (χ1v) is 4.05. The first-order chi connectivity index (χ1) is 7.25. The van der Waals surface area contributed by atoms with Crippen LogP contribution in [0.4, 0.5) is 0 Å². The third kappa shape index (κ3) is 49.5. The number of carboxylic acid groups (broad SMARTS) is 4. The van der Waals surface area contributed by atoms with Crippen LogP contribution in [-0.2, 0) is 19.2 Å². The molecule has 12 heteroatoms. The van der Waals surface area contributed by atoms with Crippen molar-refractivity contribution < 1.29 is 245 Å². The molecule has 0 saturated carbocycles. The average molecular weight is 389 g/mol. The summed E-state index contributed by atoms with van der Waals surface area (Å²) in [5.74, 6) is -5.47. The van der Waals surface area contributed by atoms with Gasteiger partial charge in [0.05, 0.1) is 0 Å². The van der Waals surface area contributed by atoms with E-state index in [9.17, 15) is 39.6 Å². The average Bonchev–Trinajstić information content (AvgIpc) is 2.12. The van der Waals surface area contributed by atoms with Gasteiger partial charge in [-0.25, -0.2) is 0 Å². The van der Waals surface area contributed by atoms with E-state index < -0.39 is 49.6 Å². The molecule has 0 heterocycles. The second-order valence-corrected chi connectivity index (χ2v) is 2.49. The standard InChI is InChI=1S/2C4H6O4.4K/c2*5-3(6)1-2-4(7)8;;;;/h2*1-2H2,(H,5,6)(H,7,8);;;;/q;;4*+1/p-4. The Kier molecular flexibility index (Phi) is 55.7. The van der Waals surface area contributed by atoms with Crippen molar-refractivity contribution in [3.05, 3.63) is 0 Å². The Morgan fingerprint density at radius 3 is 0.600 bits per heavy atom. The smallest absolute Gasteiger partial charge is 0.550 e. The van der Waals surface area contributed by atoms with Crippen LogP contribution in [0.25, 0.3) is 0 Å². The molecule has 0 aliphatic heterocycles. The molecule has 0 unspecified atom stereocenters. The summed E-state index contributed by atoms with van der Waals surface area (Å²) < 4.78 is 0. The Bertz CT molecular complexity index is 228. The van der Waals surface area contributed by atoms with E-state index in [1.165, 1.54) is 0 Å².